The van der Waals surface area contributed by atoms with E-state index in [1.165, 1.54) is 0 Å². The van der Waals surface area contributed by atoms with Gasteiger partial charge in [-0.05, 0) is 43.6 Å². The Labute approximate surface area is 119 Å². The van der Waals surface area contributed by atoms with Crippen LogP contribution in [0.4, 0.5) is 0 Å². The normalized spacial score (nSPS) is 29.7. The van der Waals surface area contributed by atoms with Crippen molar-refractivity contribution in [3.05, 3.63) is 0 Å². The molecule has 3 nitrogen and oxygen atoms in total. The SMILES string of the molecule is CNC1CCC(C(C)(C)C)CC1S(=O)(=O)CC(C)C. The number of hydrogen-bond donors (Lipinski definition) is 1. The zero-order chi connectivity index (χ0) is 14.8. The molecule has 19 heavy (non-hydrogen) atoms. The summed E-state index contributed by atoms with van der Waals surface area (Å²) in [6.45, 7) is 10.6. The number of sulfone groups is 1. The minimum Gasteiger partial charge on any atom is -0.316 e. The molecule has 114 valence electrons. The third-order valence-electron chi connectivity index (χ3n) is 4.41. The summed E-state index contributed by atoms with van der Waals surface area (Å²) in [7, 11) is -1.11. The summed E-state index contributed by atoms with van der Waals surface area (Å²) < 4.78 is 25.2. The fourth-order valence-corrected chi connectivity index (χ4v) is 5.71. The highest BCUT2D eigenvalue weighted by atomic mass is 32.2. The van der Waals surface area contributed by atoms with Gasteiger partial charge in [0.25, 0.3) is 0 Å². The molecule has 0 radical (unpaired) electrons. The third-order valence-corrected chi connectivity index (χ3v) is 6.99. The molecule has 0 aliphatic heterocycles. The van der Waals surface area contributed by atoms with E-state index in [0.717, 1.165) is 19.3 Å². The van der Waals surface area contributed by atoms with Crippen molar-refractivity contribution in [3.8, 4) is 0 Å². The molecule has 4 heteroatoms. The van der Waals surface area contributed by atoms with Crippen molar-refractivity contribution in [2.45, 2.75) is 65.2 Å². The van der Waals surface area contributed by atoms with Crippen molar-refractivity contribution in [1.29, 1.82) is 0 Å². The van der Waals surface area contributed by atoms with Crippen LogP contribution in [0.15, 0.2) is 0 Å². The van der Waals surface area contributed by atoms with E-state index in [0.29, 0.717) is 11.7 Å². The molecule has 0 saturated heterocycles. The second kappa shape index (κ2) is 6.13. The van der Waals surface area contributed by atoms with Gasteiger partial charge in [0.15, 0.2) is 9.84 Å². The molecular weight excluding hydrogens is 258 g/mol. The molecule has 1 N–H and O–H groups in total. The van der Waals surface area contributed by atoms with Gasteiger partial charge in [0.1, 0.15) is 0 Å². The fourth-order valence-electron chi connectivity index (χ4n) is 3.23. The van der Waals surface area contributed by atoms with Crippen molar-refractivity contribution >= 4 is 9.84 Å². The van der Waals surface area contributed by atoms with Gasteiger partial charge >= 0.3 is 0 Å². The van der Waals surface area contributed by atoms with Gasteiger partial charge in [-0.15, -0.1) is 0 Å². The zero-order valence-corrected chi connectivity index (χ0v) is 14.2. The first-order valence-electron chi connectivity index (χ1n) is 7.46. The van der Waals surface area contributed by atoms with Crippen LogP contribution in [-0.2, 0) is 9.84 Å². The predicted molar refractivity (Wildman–Crippen MR) is 82.1 cm³/mol. The molecule has 1 rings (SSSR count). The molecule has 0 aromatic heterocycles. The van der Waals surface area contributed by atoms with Crippen LogP contribution in [0.3, 0.4) is 0 Å². The standard InChI is InChI=1S/C15H31NO2S/c1-11(2)10-19(17,18)14-9-12(15(3,4)5)7-8-13(14)16-6/h11-14,16H,7-10H2,1-6H3. The summed E-state index contributed by atoms with van der Waals surface area (Å²) >= 11 is 0. The summed E-state index contributed by atoms with van der Waals surface area (Å²) in [5.41, 5.74) is 0.199. The highest BCUT2D eigenvalue weighted by molar-refractivity contribution is 7.92. The molecule has 0 bridgehead atoms. The lowest BCUT2D eigenvalue weighted by Crippen LogP contribution is -2.49. The van der Waals surface area contributed by atoms with Crippen LogP contribution in [0.1, 0.15) is 53.9 Å². The molecule has 0 aromatic carbocycles. The zero-order valence-electron chi connectivity index (χ0n) is 13.4. The van der Waals surface area contributed by atoms with E-state index in [1.54, 1.807) is 0 Å². The van der Waals surface area contributed by atoms with E-state index in [1.807, 2.05) is 20.9 Å². The van der Waals surface area contributed by atoms with Crippen LogP contribution in [0.5, 0.6) is 0 Å². The lowest BCUT2D eigenvalue weighted by Gasteiger charge is -2.41. The van der Waals surface area contributed by atoms with Crippen LogP contribution >= 0.6 is 0 Å². The van der Waals surface area contributed by atoms with Gasteiger partial charge in [-0.3, -0.25) is 0 Å². The van der Waals surface area contributed by atoms with E-state index >= 15 is 0 Å². The summed E-state index contributed by atoms with van der Waals surface area (Å²) in [4.78, 5) is 0. The van der Waals surface area contributed by atoms with Gasteiger partial charge in [0.05, 0.1) is 11.0 Å². The van der Waals surface area contributed by atoms with Gasteiger partial charge < -0.3 is 5.32 Å². The smallest absolute Gasteiger partial charge is 0.154 e. The number of rotatable bonds is 4. The predicted octanol–water partition coefficient (Wildman–Crippen LogP) is 2.86. The van der Waals surface area contributed by atoms with Crippen molar-refractivity contribution in [2.24, 2.45) is 17.3 Å². The first-order valence-corrected chi connectivity index (χ1v) is 9.18. The first-order chi connectivity index (χ1) is 8.58. The maximum atomic E-state index is 12.6. The minimum absolute atomic E-state index is 0.127. The highest BCUT2D eigenvalue weighted by Gasteiger charge is 2.41. The highest BCUT2D eigenvalue weighted by Crippen LogP contribution is 2.40. The molecule has 0 aromatic rings. The molecule has 1 saturated carbocycles. The van der Waals surface area contributed by atoms with Gasteiger partial charge in [0, 0.05) is 6.04 Å². The molecule has 3 unspecified atom stereocenters. The van der Waals surface area contributed by atoms with E-state index < -0.39 is 9.84 Å². The fraction of sp³-hybridized carbons (Fsp3) is 1.00. The Hall–Kier alpha value is -0.0900. The Balaban J connectivity index is 2.93. The molecule has 1 aliphatic carbocycles. The maximum Gasteiger partial charge on any atom is 0.154 e. The van der Waals surface area contributed by atoms with Crippen LogP contribution < -0.4 is 5.32 Å². The van der Waals surface area contributed by atoms with Crippen LogP contribution in [0.2, 0.25) is 0 Å². The van der Waals surface area contributed by atoms with E-state index in [4.69, 9.17) is 0 Å². The molecule has 0 amide bonds. The second-order valence-electron chi connectivity index (χ2n) is 7.53. The van der Waals surface area contributed by atoms with E-state index in [2.05, 4.69) is 26.1 Å². The monoisotopic (exact) mass is 289 g/mol. The van der Waals surface area contributed by atoms with Crippen LogP contribution in [0, 0.1) is 17.3 Å². The molecular formula is C15H31NO2S. The largest absolute Gasteiger partial charge is 0.316 e. The summed E-state index contributed by atoms with van der Waals surface area (Å²) in [5, 5.41) is 3.02. The van der Waals surface area contributed by atoms with Crippen molar-refractivity contribution in [2.75, 3.05) is 12.8 Å². The summed E-state index contributed by atoms with van der Waals surface area (Å²) in [5.74, 6) is 1.02. The molecule has 1 fully saturated rings. The third kappa shape index (κ3) is 4.45. The Morgan fingerprint density at radius 3 is 2.21 bits per heavy atom. The van der Waals surface area contributed by atoms with Crippen molar-refractivity contribution in [3.63, 3.8) is 0 Å². The molecule has 0 spiro atoms. The van der Waals surface area contributed by atoms with E-state index in [-0.39, 0.29) is 22.6 Å². The Morgan fingerprint density at radius 1 is 1.21 bits per heavy atom. The Kier molecular flexibility index (Phi) is 5.47. The number of hydrogen-bond acceptors (Lipinski definition) is 3. The van der Waals surface area contributed by atoms with Gasteiger partial charge in [-0.25, -0.2) is 8.42 Å². The minimum atomic E-state index is -3.00. The topological polar surface area (TPSA) is 46.2 Å². The quantitative estimate of drug-likeness (QED) is 0.865. The van der Waals surface area contributed by atoms with Crippen molar-refractivity contribution < 1.29 is 8.42 Å². The average molecular weight is 289 g/mol. The van der Waals surface area contributed by atoms with Crippen LogP contribution in [-0.4, -0.2) is 32.5 Å². The van der Waals surface area contributed by atoms with E-state index in [9.17, 15) is 8.42 Å². The van der Waals surface area contributed by atoms with Gasteiger partial charge in [-0.1, -0.05) is 34.6 Å². The lowest BCUT2D eigenvalue weighted by atomic mass is 9.71. The van der Waals surface area contributed by atoms with Gasteiger partial charge in [-0.2, -0.15) is 0 Å². The molecule has 3 atom stereocenters. The van der Waals surface area contributed by atoms with Crippen LogP contribution in [0.25, 0.3) is 0 Å². The lowest BCUT2D eigenvalue weighted by molar-refractivity contribution is 0.164. The summed E-state index contributed by atoms with van der Waals surface area (Å²) in [6.07, 6.45) is 2.91. The molecule has 1 aliphatic rings. The first kappa shape index (κ1) is 17.0. The second-order valence-corrected chi connectivity index (χ2v) is 9.80. The Bertz CT molecular complexity index is 381. The molecule has 0 heterocycles. The average Bonchev–Trinajstić information content (AvgIpc) is 2.25. The number of nitrogens with one attached hydrogen (secondary N) is 1. The van der Waals surface area contributed by atoms with Crippen molar-refractivity contribution in [1.82, 2.24) is 5.32 Å². The Morgan fingerprint density at radius 2 is 1.79 bits per heavy atom. The van der Waals surface area contributed by atoms with Gasteiger partial charge in [0.2, 0.25) is 0 Å². The maximum absolute atomic E-state index is 12.6. The summed E-state index contributed by atoms with van der Waals surface area (Å²) in [6, 6.07) is 0.127.